The minimum Gasteiger partial charge on any atom is -0.267 e. The lowest BCUT2D eigenvalue weighted by Gasteiger charge is -2.23. The second-order valence-corrected chi connectivity index (χ2v) is 9.26. The summed E-state index contributed by atoms with van der Waals surface area (Å²) in [5.74, 6) is -0.375. The Kier molecular flexibility index (Phi) is 6.87. The fourth-order valence-electron chi connectivity index (χ4n) is 3.10. The van der Waals surface area contributed by atoms with E-state index in [1.54, 1.807) is 30.5 Å². The number of nitrogens with zero attached hydrogens (tertiary/aromatic N) is 2. The second-order valence-electron chi connectivity index (χ2n) is 7.36. The van der Waals surface area contributed by atoms with Gasteiger partial charge in [0.25, 0.3) is 5.91 Å². The first-order chi connectivity index (χ1) is 14.7. The van der Waals surface area contributed by atoms with Crippen molar-refractivity contribution in [3.05, 3.63) is 101 Å². The maximum absolute atomic E-state index is 12.4. The van der Waals surface area contributed by atoms with Gasteiger partial charge < -0.3 is 0 Å². The highest BCUT2D eigenvalue weighted by molar-refractivity contribution is 7.92. The van der Waals surface area contributed by atoms with Gasteiger partial charge in [-0.25, -0.2) is 13.8 Å². The topological polar surface area (TPSA) is 78.8 Å². The lowest BCUT2D eigenvalue weighted by Crippen LogP contribution is -2.29. The number of carbonyl (C=O) groups is 1. The van der Waals surface area contributed by atoms with Gasteiger partial charge in [0.15, 0.2) is 0 Å². The summed E-state index contributed by atoms with van der Waals surface area (Å²) in [6.07, 6.45) is 2.75. The number of benzene rings is 3. The Hall–Kier alpha value is -3.45. The molecule has 0 unspecified atom stereocenters. The molecule has 7 heteroatoms. The molecule has 0 aliphatic rings. The Labute approximate surface area is 183 Å². The van der Waals surface area contributed by atoms with E-state index >= 15 is 0 Å². The van der Waals surface area contributed by atoms with Crippen LogP contribution in [-0.4, -0.2) is 26.8 Å². The summed E-state index contributed by atoms with van der Waals surface area (Å²) in [6.45, 7) is 4.15. The first kappa shape index (κ1) is 22.2. The molecule has 1 amide bonds. The van der Waals surface area contributed by atoms with Crippen molar-refractivity contribution in [2.24, 2.45) is 5.10 Å². The molecule has 3 aromatic rings. The van der Waals surface area contributed by atoms with Crippen molar-refractivity contribution >= 4 is 27.8 Å². The quantitative estimate of drug-likeness (QED) is 0.449. The Morgan fingerprint density at radius 2 is 1.71 bits per heavy atom. The van der Waals surface area contributed by atoms with E-state index in [2.05, 4.69) is 10.5 Å². The molecule has 6 nitrogen and oxygen atoms in total. The number of carbonyl (C=O) groups excluding carboxylic acids is 1. The summed E-state index contributed by atoms with van der Waals surface area (Å²) in [5.41, 5.74) is 7.28. The fourth-order valence-corrected chi connectivity index (χ4v) is 3.98. The van der Waals surface area contributed by atoms with Crippen LogP contribution in [0.2, 0.25) is 0 Å². The predicted octanol–water partition coefficient (Wildman–Crippen LogP) is 4.03. The number of amides is 1. The third-order valence-corrected chi connectivity index (χ3v) is 5.96. The van der Waals surface area contributed by atoms with Crippen LogP contribution in [0, 0.1) is 13.8 Å². The number of sulfonamides is 1. The molecule has 0 radical (unpaired) electrons. The maximum atomic E-state index is 12.4. The molecular formula is C24H25N3O3S. The van der Waals surface area contributed by atoms with E-state index in [0.717, 1.165) is 22.3 Å². The number of hydrazone groups is 1. The van der Waals surface area contributed by atoms with E-state index in [9.17, 15) is 13.2 Å². The number of rotatable bonds is 7. The van der Waals surface area contributed by atoms with Crippen LogP contribution in [-0.2, 0) is 16.6 Å². The molecule has 31 heavy (non-hydrogen) atoms. The van der Waals surface area contributed by atoms with Crippen molar-refractivity contribution in [2.75, 3.05) is 10.6 Å². The fraction of sp³-hybridized carbons (Fsp3) is 0.167. The van der Waals surface area contributed by atoms with Crippen LogP contribution in [0.3, 0.4) is 0 Å². The van der Waals surface area contributed by atoms with E-state index in [1.807, 2.05) is 62.4 Å². The SMILES string of the molecule is Cc1cccc(/C=N\NC(=O)c2ccc(N(Cc3ccccc3C)S(C)(=O)=O)cc2)c1. The average Bonchev–Trinajstić information content (AvgIpc) is 2.72. The molecule has 3 rings (SSSR count). The molecule has 160 valence electrons. The van der Waals surface area contributed by atoms with Gasteiger partial charge in [-0.2, -0.15) is 5.10 Å². The Morgan fingerprint density at radius 3 is 2.35 bits per heavy atom. The molecule has 0 fully saturated rings. The lowest BCUT2D eigenvalue weighted by molar-refractivity contribution is 0.0955. The summed E-state index contributed by atoms with van der Waals surface area (Å²) < 4.78 is 26.1. The van der Waals surface area contributed by atoms with Crippen LogP contribution >= 0.6 is 0 Å². The number of anilines is 1. The van der Waals surface area contributed by atoms with Gasteiger partial charge in [-0.1, -0.05) is 54.1 Å². The Morgan fingerprint density at radius 1 is 1.00 bits per heavy atom. The van der Waals surface area contributed by atoms with Crippen molar-refractivity contribution < 1.29 is 13.2 Å². The van der Waals surface area contributed by atoms with Crippen LogP contribution < -0.4 is 9.73 Å². The highest BCUT2D eigenvalue weighted by Crippen LogP contribution is 2.22. The molecule has 0 saturated carbocycles. The molecule has 0 atom stereocenters. The van der Waals surface area contributed by atoms with Crippen molar-refractivity contribution in [1.82, 2.24) is 5.43 Å². The van der Waals surface area contributed by atoms with E-state index in [1.165, 1.54) is 10.6 Å². The van der Waals surface area contributed by atoms with Gasteiger partial charge in [0.2, 0.25) is 10.0 Å². The third-order valence-electron chi connectivity index (χ3n) is 4.81. The minimum absolute atomic E-state index is 0.220. The van der Waals surface area contributed by atoms with Gasteiger partial charge in [-0.3, -0.25) is 9.10 Å². The van der Waals surface area contributed by atoms with Crippen molar-refractivity contribution in [3.8, 4) is 0 Å². The largest absolute Gasteiger partial charge is 0.271 e. The van der Waals surface area contributed by atoms with Crippen LogP contribution in [0.15, 0.2) is 77.9 Å². The second kappa shape index (κ2) is 9.57. The molecule has 0 aliphatic carbocycles. The molecular weight excluding hydrogens is 410 g/mol. The standard InChI is InChI=1S/C24H25N3O3S/c1-18-7-6-9-20(15-18)16-25-26-24(28)21-11-13-23(14-12-21)27(31(3,29)30)17-22-10-5-4-8-19(22)2/h4-16H,17H2,1-3H3,(H,26,28)/b25-16-. The smallest absolute Gasteiger partial charge is 0.267 e. The van der Waals surface area contributed by atoms with Crippen LogP contribution in [0.5, 0.6) is 0 Å². The molecule has 0 aromatic heterocycles. The summed E-state index contributed by atoms with van der Waals surface area (Å²) >= 11 is 0. The lowest BCUT2D eigenvalue weighted by atomic mass is 10.1. The summed E-state index contributed by atoms with van der Waals surface area (Å²) in [4.78, 5) is 12.4. The van der Waals surface area contributed by atoms with Gasteiger partial charge in [0.1, 0.15) is 0 Å². The summed E-state index contributed by atoms with van der Waals surface area (Å²) in [5, 5.41) is 3.99. The van der Waals surface area contributed by atoms with E-state index in [4.69, 9.17) is 0 Å². The summed E-state index contributed by atoms with van der Waals surface area (Å²) in [6, 6.07) is 21.8. The number of nitrogens with one attached hydrogen (secondary N) is 1. The number of hydrogen-bond acceptors (Lipinski definition) is 4. The van der Waals surface area contributed by atoms with E-state index < -0.39 is 10.0 Å². The molecule has 3 aromatic carbocycles. The van der Waals surface area contributed by atoms with E-state index in [0.29, 0.717) is 11.3 Å². The molecule has 0 heterocycles. The van der Waals surface area contributed by atoms with E-state index in [-0.39, 0.29) is 12.5 Å². The zero-order valence-corrected chi connectivity index (χ0v) is 18.6. The van der Waals surface area contributed by atoms with Gasteiger partial charge in [0.05, 0.1) is 24.7 Å². The molecule has 0 aliphatic heterocycles. The predicted molar refractivity (Wildman–Crippen MR) is 125 cm³/mol. The number of hydrogen-bond donors (Lipinski definition) is 1. The van der Waals surface area contributed by atoms with Crippen LogP contribution in [0.1, 0.15) is 32.6 Å². The molecule has 0 spiro atoms. The Balaban J connectivity index is 1.73. The molecule has 0 bridgehead atoms. The highest BCUT2D eigenvalue weighted by atomic mass is 32.2. The van der Waals surface area contributed by atoms with Crippen molar-refractivity contribution in [3.63, 3.8) is 0 Å². The van der Waals surface area contributed by atoms with Crippen LogP contribution in [0.25, 0.3) is 0 Å². The zero-order chi connectivity index (χ0) is 22.4. The summed E-state index contributed by atoms with van der Waals surface area (Å²) in [7, 11) is -3.51. The van der Waals surface area contributed by atoms with Gasteiger partial charge in [-0.15, -0.1) is 0 Å². The molecule has 0 saturated heterocycles. The van der Waals surface area contributed by atoms with Gasteiger partial charge in [-0.05, 0) is 54.8 Å². The van der Waals surface area contributed by atoms with Gasteiger partial charge >= 0.3 is 0 Å². The normalized spacial score (nSPS) is 11.5. The monoisotopic (exact) mass is 435 g/mol. The first-order valence-corrected chi connectivity index (χ1v) is 11.6. The molecule has 1 N–H and O–H groups in total. The third kappa shape index (κ3) is 6.02. The van der Waals surface area contributed by atoms with Crippen molar-refractivity contribution in [2.45, 2.75) is 20.4 Å². The van der Waals surface area contributed by atoms with Crippen LogP contribution in [0.4, 0.5) is 5.69 Å². The number of aryl methyl sites for hydroxylation is 2. The van der Waals surface area contributed by atoms with Crippen molar-refractivity contribution in [1.29, 1.82) is 0 Å². The Bertz CT molecular complexity index is 1200. The average molecular weight is 436 g/mol. The minimum atomic E-state index is -3.51. The maximum Gasteiger partial charge on any atom is 0.271 e. The highest BCUT2D eigenvalue weighted by Gasteiger charge is 2.19. The van der Waals surface area contributed by atoms with Gasteiger partial charge in [0, 0.05) is 5.56 Å². The zero-order valence-electron chi connectivity index (χ0n) is 17.7. The first-order valence-electron chi connectivity index (χ1n) is 9.76.